The first kappa shape index (κ1) is 29.7. The summed E-state index contributed by atoms with van der Waals surface area (Å²) in [6.45, 7) is 13.9. The number of aliphatic hydroxyl groups excluding tert-OH is 1. The summed E-state index contributed by atoms with van der Waals surface area (Å²) in [5, 5.41) is 10.2. The maximum absolute atomic E-state index is 14.6. The number of rotatable bonds is 11. The zero-order chi connectivity index (χ0) is 30.2. The van der Waals surface area contributed by atoms with E-state index >= 15 is 0 Å². The van der Waals surface area contributed by atoms with E-state index < -0.39 is 35.1 Å². The first-order chi connectivity index (χ1) is 20.1. The highest BCUT2D eigenvalue weighted by atomic mass is 16.5. The number of carbonyl (C=O) groups excluding carboxylic acids is 3. The zero-order valence-corrected chi connectivity index (χ0v) is 24.7. The molecule has 1 spiro atoms. The smallest absolute Gasteiger partial charge is 0.249 e. The molecule has 42 heavy (non-hydrogen) atoms. The number of likely N-dealkylation sites (tertiary alicyclic amines) is 1. The summed E-state index contributed by atoms with van der Waals surface area (Å²) in [4.78, 5) is 48.4. The van der Waals surface area contributed by atoms with Crippen LogP contribution in [0.3, 0.4) is 0 Å². The molecule has 3 saturated heterocycles. The highest BCUT2D eigenvalue weighted by Gasteiger charge is 2.80. The van der Waals surface area contributed by atoms with Gasteiger partial charge < -0.3 is 24.5 Å². The molecular formula is C34H41N3O5. The number of para-hydroxylation sites is 1. The molecule has 3 aliphatic heterocycles. The number of carbonyl (C=O) groups is 3. The molecule has 8 nitrogen and oxygen atoms in total. The normalized spacial score (nSPS) is 30.1. The van der Waals surface area contributed by atoms with Crippen molar-refractivity contribution in [1.29, 1.82) is 0 Å². The lowest BCUT2D eigenvalue weighted by atomic mass is 9.62. The summed E-state index contributed by atoms with van der Waals surface area (Å²) in [5.41, 5.74) is -0.518. The van der Waals surface area contributed by atoms with Gasteiger partial charge in [-0.15, -0.1) is 13.2 Å². The van der Waals surface area contributed by atoms with Crippen LogP contribution in [0.1, 0.15) is 32.8 Å². The molecule has 7 atom stereocenters. The fourth-order valence-electron chi connectivity index (χ4n) is 7.49. The summed E-state index contributed by atoms with van der Waals surface area (Å²) in [6, 6.07) is 17.3. The maximum atomic E-state index is 14.6. The van der Waals surface area contributed by atoms with Gasteiger partial charge in [-0.1, -0.05) is 67.6 Å². The van der Waals surface area contributed by atoms with Gasteiger partial charge in [0.2, 0.25) is 17.7 Å². The van der Waals surface area contributed by atoms with Crippen LogP contribution in [0.15, 0.2) is 86.0 Å². The minimum absolute atomic E-state index is 0.0986. The molecule has 2 aromatic rings. The Bertz CT molecular complexity index is 1350. The van der Waals surface area contributed by atoms with Crippen molar-refractivity contribution in [3.63, 3.8) is 0 Å². The molecule has 0 aromatic heterocycles. The number of ether oxygens (including phenoxy) is 1. The Morgan fingerprint density at radius 3 is 2.29 bits per heavy atom. The molecule has 1 N–H and O–H groups in total. The van der Waals surface area contributed by atoms with Crippen LogP contribution in [0.25, 0.3) is 0 Å². The van der Waals surface area contributed by atoms with Crippen molar-refractivity contribution in [1.82, 2.24) is 9.80 Å². The molecule has 5 rings (SSSR count). The van der Waals surface area contributed by atoms with Gasteiger partial charge in [-0.05, 0) is 43.9 Å². The summed E-state index contributed by atoms with van der Waals surface area (Å²) in [5.74, 6) is -2.61. The van der Waals surface area contributed by atoms with Crippen molar-refractivity contribution in [3.8, 4) is 0 Å². The van der Waals surface area contributed by atoms with Crippen LogP contribution >= 0.6 is 0 Å². The molecule has 2 aromatic carbocycles. The monoisotopic (exact) mass is 571 g/mol. The van der Waals surface area contributed by atoms with Gasteiger partial charge in [0, 0.05) is 25.3 Å². The van der Waals surface area contributed by atoms with Crippen LogP contribution in [0.2, 0.25) is 0 Å². The Morgan fingerprint density at radius 1 is 1.07 bits per heavy atom. The molecule has 0 aliphatic carbocycles. The second kappa shape index (κ2) is 11.5. The standard InChI is InChI=1S/C34H41N3O5/c1-6-18-35(21-25-14-10-8-11-15-25)32(41)29-34-20-23(3)33(5,42-34)27(28(34)31(40)37(29)24(4)22-38)30(39)36(19-7-2)26-16-12-9-13-17-26/h6-17,23-24,27-29,38H,1-2,18-22H2,3-5H3/t23?,24-,27+,28+,29?,33-,34?/m1/s1. The largest absolute Gasteiger partial charge is 0.394 e. The average molecular weight is 572 g/mol. The van der Waals surface area contributed by atoms with Gasteiger partial charge in [0.05, 0.1) is 30.1 Å². The van der Waals surface area contributed by atoms with E-state index in [-0.39, 0.29) is 43.3 Å². The molecule has 3 amide bonds. The third-order valence-corrected chi connectivity index (χ3v) is 9.51. The summed E-state index contributed by atoms with van der Waals surface area (Å²) in [7, 11) is 0. The number of nitrogens with zero attached hydrogens (tertiary/aromatic N) is 3. The molecule has 8 heteroatoms. The Balaban J connectivity index is 1.60. The maximum Gasteiger partial charge on any atom is 0.249 e. The summed E-state index contributed by atoms with van der Waals surface area (Å²) < 4.78 is 6.90. The number of hydrogen-bond donors (Lipinski definition) is 1. The van der Waals surface area contributed by atoms with E-state index in [0.29, 0.717) is 18.7 Å². The molecule has 0 saturated carbocycles. The molecule has 3 heterocycles. The SMILES string of the molecule is C=CCN(Cc1ccccc1)C(=O)C1N([C@H](C)CO)C(=O)[C@@H]2[C@@H](C(=O)N(CC=C)c3ccccc3)[C@]3(C)OC12CC3C. The van der Waals surface area contributed by atoms with E-state index in [1.807, 2.05) is 74.5 Å². The third-order valence-electron chi connectivity index (χ3n) is 9.51. The van der Waals surface area contributed by atoms with Crippen molar-refractivity contribution in [2.75, 3.05) is 24.6 Å². The van der Waals surface area contributed by atoms with Crippen molar-refractivity contribution >= 4 is 23.4 Å². The molecule has 2 bridgehead atoms. The number of aliphatic hydroxyl groups is 1. The summed E-state index contributed by atoms with van der Waals surface area (Å²) in [6.07, 6.45) is 3.79. The molecular weight excluding hydrogens is 530 g/mol. The van der Waals surface area contributed by atoms with Crippen LogP contribution in [0.4, 0.5) is 5.69 Å². The Hall–Kier alpha value is -3.75. The molecule has 0 radical (unpaired) electrons. The van der Waals surface area contributed by atoms with Crippen LogP contribution in [-0.4, -0.2) is 75.6 Å². The number of fused-ring (bicyclic) bond motifs is 1. The highest BCUT2D eigenvalue weighted by molar-refractivity contribution is 6.03. The molecule has 3 fully saturated rings. The number of benzene rings is 2. The molecule has 3 aliphatic rings. The zero-order valence-electron chi connectivity index (χ0n) is 24.7. The van der Waals surface area contributed by atoms with Gasteiger partial charge in [-0.3, -0.25) is 14.4 Å². The van der Waals surface area contributed by atoms with Crippen molar-refractivity contribution in [2.24, 2.45) is 17.8 Å². The van der Waals surface area contributed by atoms with Crippen LogP contribution in [-0.2, 0) is 25.7 Å². The lowest BCUT2D eigenvalue weighted by molar-refractivity contribution is -0.155. The van der Waals surface area contributed by atoms with E-state index in [4.69, 9.17) is 4.74 Å². The third kappa shape index (κ3) is 4.57. The average Bonchev–Trinajstić information content (AvgIpc) is 3.52. The second-order valence-corrected chi connectivity index (χ2v) is 12.0. The fourth-order valence-corrected chi connectivity index (χ4v) is 7.49. The van der Waals surface area contributed by atoms with E-state index in [1.165, 1.54) is 4.90 Å². The second-order valence-electron chi connectivity index (χ2n) is 12.0. The topological polar surface area (TPSA) is 90.4 Å². The predicted octanol–water partition coefficient (Wildman–Crippen LogP) is 3.81. The summed E-state index contributed by atoms with van der Waals surface area (Å²) >= 11 is 0. The van der Waals surface area contributed by atoms with Gasteiger partial charge in [0.15, 0.2) is 0 Å². The lowest BCUT2D eigenvalue weighted by Gasteiger charge is -2.39. The Kier molecular flexibility index (Phi) is 8.14. The van der Waals surface area contributed by atoms with E-state index in [0.717, 1.165) is 5.56 Å². The fraction of sp³-hybridized carbons (Fsp3) is 0.441. The quantitative estimate of drug-likeness (QED) is 0.415. The van der Waals surface area contributed by atoms with Crippen LogP contribution in [0, 0.1) is 17.8 Å². The van der Waals surface area contributed by atoms with E-state index in [2.05, 4.69) is 13.2 Å². The van der Waals surface area contributed by atoms with Crippen LogP contribution < -0.4 is 4.90 Å². The predicted molar refractivity (Wildman–Crippen MR) is 161 cm³/mol. The van der Waals surface area contributed by atoms with Crippen molar-refractivity contribution in [2.45, 2.75) is 57.0 Å². The van der Waals surface area contributed by atoms with E-state index in [1.54, 1.807) is 28.9 Å². The van der Waals surface area contributed by atoms with Crippen molar-refractivity contribution < 1.29 is 24.2 Å². The van der Waals surface area contributed by atoms with Gasteiger partial charge in [0.25, 0.3) is 0 Å². The van der Waals surface area contributed by atoms with E-state index in [9.17, 15) is 19.5 Å². The number of hydrogen-bond acceptors (Lipinski definition) is 5. The minimum atomic E-state index is -1.21. The van der Waals surface area contributed by atoms with Crippen molar-refractivity contribution in [3.05, 3.63) is 91.5 Å². The molecule has 222 valence electrons. The minimum Gasteiger partial charge on any atom is -0.394 e. The number of anilines is 1. The Labute approximate surface area is 248 Å². The molecule has 3 unspecified atom stereocenters. The van der Waals surface area contributed by atoms with Gasteiger partial charge >= 0.3 is 0 Å². The van der Waals surface area contributed by atoms with Gasteiger partial charge in [-0.25, -0.2) is 0 Å². The highest BCUT2D eigenvalue weighted by Crippen LogP contribution is 2.65. The lowest BCUT2D eigenvalue weighted by Crippen LogP contribution is -2.58. The number of amides is 3. The van der Waals surface area contributed by atoms with Crippen LogP contribution in [0.5, 0.6) is 0 Å². The Morgan fingerprint density at radius 2 is 1.69 bits per heavy atom. The van der Waals surface area contributed by atoms with Gasteiger partial charge in [0.1, 0.15) is 11.6 Å². The first-order valence-electron chi connectivity index (χ1n) is 14.7. The first-order valence-corrected chi connectivity index (χ1v) is 14.7. The van der Waals surface area contributed by atoms with Gasteiger partial charge in [-0.2, -0.15) is 0 Å².